The summed E-state index contributed by atoms with van der Waals surface area (Å²) in [7, 11) is 1.88. The SMILES string of the molecule is CNC(Cc1nc(-c2ccc(F)c(F)c2)no1)C(C)(C)C. The quantitative estimate of drug-likeness (QED) is 0.941. The number of nitrogens with one attached hydrogen (secondary N) is 1. The van der Waals surface area contributed by atoms with E-state index in [0.717, 1.165) is 12.1 Å². The summed E-state index contributed by atoms with van der Waals surface area (Å²) >= 11 is 0. The summed E-state index contributed by atoms with van der Waals surface area (Å²) in [5.74, 6) is -1.11. The van der Waals surface area contributed by atoms with Gasteiger partial charge in [-0.05, 0) is 30.7 Å². The summed E-state index contributed by atoms with van der Waals surface area (Å²) in [6, 6.07) is 3.69. The highest BCUT2D eigenvalue weighted by molar-refractivity contribution is 5.54. The molecule has 0 amide bonds. The second-order valence-electron chi connectivity index (χ2n) is 6.05. The minimum atomic E-state index is -0.929. The second-order valence-corrected chi connectivity index (χ2v) is 6.05. The van der Waals surface area contributed by atoms with Gasteiger partial charge in [0.2, 0.25) is 11.7 Å². The highest BCUT2D eigenvalue weighted by Gasteiger charge is 2.25. The molecule has 0 radical (unpaired) electrons. The van der Waals surface area contributed by atoms with E-state index in [1.807, 2.05) is 7.05 Å². The van der Waals surface area contributed by atoms with Gasteiger partial charge in [0.25, 0.3) is 0 Å². The molecule has 1 heterocycles. The van der Waals surface area contributed by atoms with E-state index in [1.165, 1.54) is 6.07 Å². The van der Waals surface area contributed by atoms with Gasteiger partial charge in [0.15, 0.2) is 11.6 Å². The Morgan fingerprint density at radius 3 is 2.52 bits per heavy atom. The summed E-state index contributed by atoms with van der Waals surface area (Å²) < 4.78 is 31.3. The minimum Gasteiger partial charge on any atom is -0.339 e. The van der Waals surface area contributed by atoms with Gasteiger partial charge in [-0.2, -0.15) is 4.98 Å². The van der Waals surface area contributed by atoms with Crippen LogP contribution >= 0.6 is 0 Å². The second kappa shape index (κ2) is 5.89. The zero-order valence-corrected chi connectivity index (χ0v) is 12.6. The van der Waals surface area contributed by atoms with Crippen molar-refractivity contribution in [3.63, 3.8) is 0 Å². The molecule has 21 heavy (non-hydrogen) atoms. The third kappa shape index (κ3) is 3.64. The molecule has 6 heteroatoms. The van der Waals surface area contributed by atoms with Crippen molar-refractivity contribution in [2.75, 3.05) is 7.05 Å². The lowest BCUT2D eigenvalue weighted by Gasteiger charge is -2.29. The summed E-state index contributed by atoms with van der Waals surface area (Å²) in [6.45, 7) is 6.34. The van der Waals surface area contributed by atoms with Crippen LogP contribution in [0.2, 0.25) is 0 Å². The predicted molar refractivity (Wildman–Crippen MR) is 75.7 cm³/mol. The van der Waals surface area contributed by atoms with Crippen molar-refractivity contribution < 1.29 is 13.3 Å². The van der Waals surface area contributed by atoms with Crippen LogP contribution in [0.15, 0.2) is 22.7 Å². The summed E-state index contributed by atoms with van der Waals surface area (Å²) in [5, 5.41) is 7.04. The maximum absolute atomic E-state index is 13.2. The van der Waals surface area contributed by atoms with E-state index >= 15 is 0 Å². The minimum absolute atomic E-state index is 0.0331. The fourth-order valence-corrected chi connectivity index (χ4v) is 2.11. The number of halogens is 2. The van der Waals surface area contributed by atoms with Gasteiger partial charge in [-0.25, -0.2) is 8.78 Å². The molecule has 1 atom stereocenters. The summed E-state index contributed by atoms with van der Waals surface area (Å²) in [6.07, 6.45) is 0.566. The molecule has 0 aliphatic heterocycles. The smallest absolute Gasteiger partial charge is 0.228 e. The molecule has 0 saturated carbocycles. The Kier molecular flexibility index (Phi) is 4.37. The Morgan fingerprint density at radius 2 is 1.95 bits per heavy atom. The molecule has 2 aromatic rings. The van der Waals surface area contributed by atoms with E-state index in [-0.39, 0.29) is 17.3 Å². The van der Waals surface area contributed by atoms with Gasteiger partial charge in [-0.3, -0.25) is 0 Å². The molecule has 1 N–H and O–H groups in total. The number of aromatic nitrogens is 2. The third-order valence-electron chi connectivity index (χ3n) is 3.42. The molecule has 0 bridgehead atoms. The van der Waals surface area contributed by atoms with Gasteiger partial charge in [0.1, 0.15) is 0 Å². The molecular weight excluding hydrogens is 276 g/mol. The first-order valence-electron chi connectivity index (χ1n) is 6.76. The van der Waals surface area contributed by atoms with Gasteiger partial charge in [0, 0.05) is 18.0 Å². The molecule has 0 saturated heterocycles. The zero-order valence-electron chi connectivity index (χ0n) is 12.6. The zero-order chi connectivity index (χ0) is 15.6. The third-order valence-corrected chi connectivity index (χ3v) is 3.42. The molecule has 0 aliphatic carbocycles. The maximum atomic E-state index is 13.2. The molecular formula is C15H19F2N3O. The van der Waals surface area contributed by atoms with Crippen molar-refractivity contribution >= 4 is 0 Å². The van der Waals surface area contributed by atoms with Crippen LogP contribution in [-0.2, 0) is 6.42 Å². The van der Waals surface area contributed by atoms with E-state index in [2.05, 4.69) is 36.2 Å². The first-order chi connectivity index (χ1) is 9.81. The molecule has 2 rings (SSSR count). The first-order valence-corrected chi connectivity index (χ1v) is 6.76. The van der Waals surface area contributed by atoms with Gasteiger partial charge >= 0.3 is 0 Å². The number of hydrogen-bond donors (Lipinski definition) is 1. The molecule has 1 aromatic heterocycles. The lowest BCUT2D eigenvalue weighted by atomic mass is 9.85. The Bertz CT molecular complexity index is 620. The fourth-order valence-electron chi connectivity index (χ4n) is 2.11. The van der Waals surface area contributed by atoms with Crippen molar-refractivity contribution in [3.8, 4) is 11.4 Å². The van der Waals surface area contributed by atoms with Crippen LogP contribution in [0.4, 0.5) is 8.78 Å². The highest BCUT2D eigenvalue weighted by atomic mass is 19.2. The van der Waals surface area contributed by atoms with Crippen LogP contribution in [0, 0.1) is 17.0 Å². The average Bonchev–Trinajstić information content (AvgIpc) is 2.86. The largest absolute Gasteiger partial charge is 0.339 e. The highest BCUT2D eigenvalue weighted by Crippen LogP contribution is 2.23. The van der Waals surface area contributed by atoms with Crippen LogP contribution < -0.4 is 5.32 Å². The normalized spacial score (nSPS) is 13.4. The van der Waals surface area contributed by atoms with Crippen molar-refractivity contribution in [1.29, 1.82) is 0 Å². The number of rotatable bonds is 4. The van der Waals surface area contributed by atoms with Crippen LogP contribution in [0.1, 0.15) is 26.7 Å². The van der Waals surface area contributed by atoms with Crippen molar-refractivity contribution in [2.45, 2.75) is 33.2 Å². The fraction of sp³-hybridized carbons (Fsp3) is 0.467. The average molecular weight is 295 g/mol. The van der Waals surface area contributed by atoms with Gasteiger partial charge in [0.05, 0.1) is 0 Å². The van der Waals surface area contributed by atoms with Crippen LogP contribution in [-0.4, -0.2) is 23.2 Å². The summed E-state index contributed by atoms with van der Waals surface area (Å²) in [4.78, 5) is 4.25. The Balaban J connectivity index is 2.19. The number of benzene rings is 1. The number of likely N-dealkylation sites (N-methyl/N-ethyl adjacent to an activating group) is 1. The standard InChI is InChI=1S/C15H19F2N3O/c1-15(2,3)12(18-4)8-13-19-14(20-21-13)9-5-6-10(16)11(17)7-9/h5-7,12,18H,8H2,1-4H3. The van der Waals surface area contributed by atoms with Crippen molar-refractivity contribution in [3.05, 3.63) is 35.7 Å². The molecule has 1 aromatic carbocycles. The Labute approximate surface area is 122 Å². The molecule has 1 unspecified atom stereocenters. The van der Waals surface area contributed by atoms with Crippen LogP contribution in [0.5, 0.6) is 0 Å². The molecule has 4 nitrogen and oxygen atoms in total. The lowest BCUT2D eigenvalue weighted by Crippen LogP contribution is -2.39. The first kappa shape index (κ1) is 15.6. The molecule has 114 valence electrons. The summed E-state index contributed by atoms with van der Waals surface area (Å²) in [5.41, 5.74) is 0.423. The van der Waals surface area contributed by atoms with E-state index in [4.69, 9.17) is 4.52 Å². The van der Waals surface area contributed by atoms with E-state index < -0.39 is 11.6 Å². The van der Waals surface area contributed by atoms with E-state index in [1.54, 1.807) is 0 Å². The lowest BCUT2D eigenvalue weighted by molar-refractivity contribution is 0.255. The van der Waals surface area contributed by atoms with Crippen molar-refractivity contribution in [2.24, 2.45) is 5.41 Å². The van der Waals surface area contributed by atoms with Crippen LogP contribution in [0.25, 0.3) is 11.4 Å². The topological polar surface area (TPSA) is 51.0 Å². The van der Waals surface area contributed by atoms with E-state index in [9.17, 15) is 8.78 Å². The van der Waals surface area contributed by atoms with Crippen LogP contribution in [0.3, 0.4) is 0 Å². The van der Waals surface area contributed by atoms with Gasteiger partial charge < -0.3 is 9.84 Å². The van der Waals surface area contributed by atoms with Crippen molar-refractivity contribution in [1.82, 2.24) is 15.5 Å². The number of nitrogens with zero attached hydrogens (tertiary/aromatic N) is 2. The number of hydrogen-bond acceptors (Lipinski definition) is 4. The molecule has 0 aliphatic rings. The molecule has 0 fully saturated rings. The Morgan fingerprint density at radius 1 is 1.24 bits per heavy atom. The van der Waals surface area contributed by atoms with Gasteiger partial charge in [-0.15, -0.1) is 0 Å². The van der Waals surface area contributed by atoms with Gasteiger partial charge in [-0.1, -0.05) is 25.9 Å². The maximum Gasteiger partial charge on any atom is 0.228 e. The molecule has 0 spiro atoms. The van der Waals surface area contributed by atoms with E-state index in [0.29, 0.717) is 17.9 Å². The Hall–Kier alpha value is -1.82. The monoisotopic (exact) mass is 295 g/mol. The predicted octanol–water partition coefficient (Wildman–Crippen LogP) is 3.19.